The van der Waals surface area contributed by atoms with E-state index in [1.807, 2.05) is 80.3 Å². The van der Waals surface area contributed by atoms with E-state index in [1.54, 1.807) is 24.5 Å². The lowest BCUT2D eigenvalue weighted by Gasteiger charge is -2.25. The summed E-state index contributed by atoms with van der Waals surface area (Å²) in [5, 5.41) is 0. The van der Waals surface area contributed by atoms with Crippen molar-refractivity contribution in [3.63, 3.8) is 0 Å². The molecule has 174 valence electrons. The average Bonchev–Trinajstić information content (AvgIpc) is 3.11. The highest BCUT2D eigenvalue weighted by molar-refractivity contribution is 6.45. The van der Waals surface area contributed by atoms with Crippen LogP contribution in [0.1, 0.15) is 31.9 Å². The first kappa shape index (κ1) is 23.2. The molecule has 0 aliphatic carbocycles. The molecule has 6 heteroatoms. The number of carbonyl (C=O) groups is 2. The summed E-state index contributed by atoms with van der Waals surface area (Å²) in [4.78, 5) is 34.7. The summed E-state index contributed by atoms with van der Waals surface area (Å²) in [6.45, 7) is 7.13. The van der Waals surface area contributed by atoms with Gasteiger partial charge in [-0.3, -0.25) is 14.6 Å². The van der Waals surface area contributed by atoms with Crippen molar-refractivity contribution in [3.05, 3.63) is 95.9 Å². The van der Waals surface area contributed by atoms with Crippen LogP contribution in [0.5, 0.6) is 5.75 Å². The number of likely N-dealkylation sites (N-methyl/N-ethyl adjacent to an activating group) is 1. The van der Waals surface area contributed by atoms with Crippen LogP contribution in [0.15, 0.2) is 84.8 Å². The lowest BCUT2D eigenvalue weighted by Crippen LogP contribution is -2.36. The molecule has 1 aromatic heterocycles. The number of anilines is 1. The van der Waals surface area contributed by atoms with E-state index in [-0.39, 0.29) is 17.9 Å². The van der Waals surface area contributed by atoms with E-state index in [0.717, 1.165) is 17.7 Å². The van der Waals surface area contributed by atoms with Gasteiger partial charge in [-0.25, -0.2) is 4.90 Å². The summed E-state index contributed by atoms with van der Waals surface area (Å²) in [5.41, 5.74) is 3.24. The molecular weight excluding hydrogens is 426 g/mol. The van der Waals surface area contributed by atoms with Gasteiger partial charge in [0.15, 0.2) is 0 Å². The fourth-order valence-corrected chi connectivity index (χ4v) is 4.10. The van der Waals surface area contributed by atoms with Gasteiger partial charge in [-0.1, -0.05) is 30.3 Å². The maximum absolute atomic E-state index is 13.7. The van der Waals surface area contributed by atoms with Crippen molar-refractivity contribution in [2.75, 3.05) is 18.0 Å². The zero-order valence-electron chi connectivity index (χ0n) is 19.8. The van der Waals surface area contributed by atoms with E-state index < -0.39 is 0 Å². The van der Waals surface area contributed by atoms with Gasteiger partial charge in [0.2, 0.25) is 0 Å². The quantitative estimate of drug-likeness (QED) is 0.437. The van der Waals surface area contributed by atoms with Crippen molar-refractivity contribution in [3.8, 4) is 5.75 Å². The highest BCUT2D eigenvalue weighted by Gasteiger charge is 2.42. The van der Waals surface area contributed by atoms with Crippen molar-refractivity contribution in [2.45, 2.75) is 33.3 Å². The summed E-state index contributed by atoms with van der Waals surface area (Å²) >= 11 is 0. The standard InChI is InChI=1S/C28H29N3O3/c1-4-30(19-16-21-14-17-29-18-15-21)26-25(22-10-12-24(13-11-22)34-20(2)3)27(32)31(28(26)33)23-8-6-5-7-9-23/h5-15,17-18,20H,4,16,19H2,1-3H3. The normalized spacial score (nSPS) is 13.7. The third-order valence-corrected chi connectivity index (χ3v) is 5.71. The van der Waals surface area contributed by atoms with Gasteiger partial charge in [-0.05, 0) is 74.7 Å². The number of rotatable bonds is 9. The number of carbonyl (C=O) groups excluding carboxylic acids is 2. The van der Waals surface area contributed by atoms with Crippen LogP contribution in [-0.4, -0.2) is 40.9 Å². The van der Waals surface area contributed by atoms with Crippen molar-refractivity contribution in [1.29, 1.82) is 0 Å². The molecule has 0 fully saturated rings. The zero-order valence-corrected chi connectivity index (χ0v) is 19.8. The Morgan fingerprint density at radius 3 is 2.21 bits per heavy atom. The highest BCUT2D eigenvalue weighted by Crippen LogP contribution is 2.35. The van der Waals surface area contributed by atoms with Gasteiger partial charge >= 0.3 is 0 Å². The van der Waals surface area contributed by atoms with Gasteiger partial charge < -0.3 is 9.64 Å². The van der Waals surface area contributed by atoms with Crippen LogP contribution in [0.4, 0.5) is 5.69 Å². The number of amides is 2. The van der Waals surface area contributed by atoms with Gasteiger partial charge in [-0.15, -0.1) is 0 Å². The van der Waals surface area contributed by atoms with E-state index in [2.05, 4.69) is 4.98 Å². The van der Waals surface area contributed by atoms with Gasteiger partial charge in [0.25, 0.3) is 11.8 Å². The molecule has 0 atom stereocenters. The van der Waals surface area contributed by atoms with E-state index in [9.17, 15) is 9.59 Å². The van der Waals surface area contributed by atoms with E-state index >= 15 is 0 Å². The van der Waals surface area contributed by atoms with Crippen LogP contribution in [-0.2, 0) is 16.0 Å². The topological polar surface area (TPSA) is 62.7 Å². The maximum atomic E-state index is 13.7. The van der Waals surface area contributed by atoms with Crippen LogP contribution < -0.4 is 9.64 Å². The molecule has 2 heterocycles. The summed E-state index contributed by atoms with van der Waals surface area (Å²) in [6, 6.07) is 20.4. The number of nitrogens with zero attached hydrogens (tertiary/aromatic N) is 3. The highest BCUT2D eigenvalue weighted by atomic mass is 16.5. The first-order valence-electron chi connectivity index (χ1n) is 11.6. The second kappa shape index (κ2) is 10.3. The Bertz CT molecular complexity index is 1170. The third-order valence-electron chi connectivity index (χ3n) is 5.71. The van der Waals surface area contributed by atoms with Crippen LogP contribution in [0.3, 0.4) is 0 Å². The molecule has 6 nitrogen and oxygen atoms in total. The largest absolute Gasteiger partial charge is 0.491 e. The number of ether oxygens (including phenoxy) is 1. The van der Waals surface area contributed by atoms with Gasteiger partial charge in [-0.2, -0.15) is 0 Å². The van der Waals surface area contributed by atoms with E-state index in [1.165, 1.54) is 4.90 Å². The molecule has 2 aromatic carbocycles. The molecule has 0 saturated heterocycles. The SMILES string of the molecule is CCN(CCc1ccncc1)C1=C(c2ccc(OC(C)C)cc2)C(=O)N(c2ccccc2)C1=O. The van der Waals surface area contributed by atoms with Crippen LogP contribution in [0.25, 0.3) is 5.57 Å². The smallest absolute Gasteiger partial charge is 0.282 e. The molecular formula is C28H29N3O3. The van der Waals surface area contributed by atoms with Crippen molar-refractivity contribution in [2.24, 2.45) is 0 Å². The number of imide groups is 1. The predicted octanol–water partition coefficient (Wildman–Crippen LogP) is 4.72. The number of pyridine rings is 1. The Morgan fingerprint density at radius 2 is 1.59 bits per heavy atom. The Morgan fingerprint density at radius 1 is 0.912 bits per heavy atom. The number of hydrogen-bond acceptors (Lipinski definition) is 5. The van der Waals surface area contributed by atoms with Crippen LogP contribution in [0.2, 0.25) is 0 Å². The minimum absolute atomic E-state index is 0.0488. The summed E-state index contributed by atoms with van der Waals surface area (Å²) < 4.78 is 5.76. The molecule has 0 spiro atoms. The van der Waals surface area contributed by atoms with Crippen LogP contribution in [0, 0.1) is 0 Å². The second-order valence-electron chi connectivity index (χ2n) is 8.38. The Kier molecular flexibility index (Phi) is 7.07. The van der Waals surface area contributed by atoms with Crippen LogP contribution >= 0.6 is 0 Å². The molecule has 0 N–H and O–H groups in total. The summed E-state index contributed by atoms with van der Waals surface area (Å²) in [5.74, 6) is 0.110. The maximum Gasteiger partial charge on any atom is 0.282 e. The number of aromatic nitrogens is 1. The second-order valence-corrected chi connectivity index (χ2v) is 8.38. The molecule has 0 radical (unpaired) electrons. The molecule has 1 aliphatic heterocycles. The third kappa shape index (κ3) is 4.86. The molecule has 0 unspecified atom stereocenters. The number of hydrogen-bond donors (Lipinski definition) is 0. The molecule has 2 amide bonds. The monoisotopic (exact) mass is 455 g/mol. The molecule has 3 aromatic rings. The average molecular weight is 456 g/mol. The van der Waals surface area contributed by atoms with Crippen molar-refractivity contribution in [1.82, 2.24) is 9.88 Å². The van der Waals surface area contributed by atoms with Crippen molar-refractivity contribution >= 4 is 23.1 Å². The molecule has 0 bridgehead atoms. The fourth-order valence-electron chi connectivity index (χ4n) is 4.10. The molecule has 34 heavy (non-hydrogen) atoms. The van der Waals surface area contributed by atoms with E-state index in [4.69, 9.17) is 4.74 Å². The lowest BCUT2D eigenvalue weighted by molar-refractivity contribution is -0.120. The Balaban J connectivity index is 1.73. The summed E-state index contributed by atoms with van der Waals surface area (Å²) in [6.07, 6.45) is 4.31. The molecule has 1 aliphatic rings. The van der Waals surface area contributed by atoms with Gasteiger partial charge in [0.05, 0.1) is 17.4 Å². The molecule has 4 rings (SSSR count). The Labute approximate surface area is 200 Å². The Hall–Kier alpha value is -3.93. The zero-order chi connectivity index (χ0) is 24.1. The first-order valence-corrected chi connectivity index (χ1v) is 11.6. The summed E-state index contributed by atoms with van der Waals surface area (Å²) in [7, 11) is 0. The van der Waals surface area contributed by atoms with Crippen molar-refractivity contribution < 1.29 is 14.3 Å². The van der Waals surface area contributed by atoms with Gasteiger partial charge in [0, 0.05) is 25.5 Å². The van der Waals surface area contributed by atoms with E-state index in [0.29, 0.717) is 35.6 Å². The fraction of sp³-hybridized carbons (Fsp3) is 0.250. The minimum Gasteiger partial charge on any atom is -0.491 e. The minimum atomic E-state index is -0.314. The first-order chi connectivity index (χ1) is 16.5. The molecule has 0 saturated carbocycles. The predicted molar refractivity (Wildman–Crippen MR) is 133 cm³/mol. The number of benzene rings is 2. The van der Waals surface area contributed by atoms with Gasteiger partial charge in [0.1, 0.15) is 11.4 Å². The number of para-hydroxylation sites is 1. The lowest BCUT2D eigenvalue weighted by atomic mass is 10.0.